The zero-order valence-electron chi connectivity index (χ0n) is 6.65. The Morgan fingerprint density at radius 1 is 1.75 bits per heavy atom. The second-order valence-corrected chi connectivity index (χ2v) is 3.72. The third kappa shape index (κ3) is 1.35. The molecule has 66 valence electrons. The molecule has 1 rings (SSSR count). The molecule has 1 heterocycles. The third-order valence-corrected chi connectivity index (χ3v) is 2.99. The van der Waals surface area contributed by atoms with Crippen molar-refractivity contribution in [1.82, 2.24) is 0 Å². The number of aliphatic hydroxyl groups excluding tert-OH is 1. The summed E-state index contributed by atoms with van der Waals surface area (Å²) in [7, 11) is 0. The fourth-order valence-electron chi connectivity index (χ4n) is 0.843. The molecule has 4 heteroatoms. The first-order valence-electron chi connectivity index (χ1n) is 3.49. The van der Waals surface area contributed by atoms with Crippen molar-refractivity contribution in [3.05, 3.63) is 22.4 Å². The van der Waals surface area contributed by atoms with E-state index in [-0.39, 0.29) is 6.61 Å². The van der Waals surface area contributed by atoms with Crippen LogP contribution in [0.2, 0.25) is 0 Å². The van der Waals surface area contributed by atoms with Crippen LogP contribution in [0.25, 0.3) is 0 Å². The van der Waals surface area contributed by atoms with E-state index in [4.69, 9.17) is 10.2 Å². The Labute approximate surface area is 74.3 Å². The van der Waals surface area contributed by atoms with Gasteiger partial charge in [-0.15, -0.1) is 11.3 Å². The summed E-state index contributed by atoms with van der Waals surface area (Å²) >= 11 is 1.34. The van der Waals surface area contributed by atoms with Gasteiger partial charge < -0.3 is 10.2 Å². The molecule has 0 saturated carbocycles. The summed E-state index contributed by atoms with van der Waals surface area (Å²) in [5.74, 6) is -0.993. The molecule has 0 fully saturated rings. The molecule has 0 aromatic carbocycles. The van der Waals surface area contributed by atoms with Gasteiger partial charge in [0.05, 0.1) is 6.61 Å². The summed E-state index contributed by atoms with van der Waals surface area (Å²) in [6.45, 7) is 1.14. The van der Waals surface area contributed by atoms with Gasteiger partial charge in [-0.2, -0.15) is 0 Å². The molecule has 1 unspecified atom stereocenters. The van der Waals surface area contributed by atoms with Gasteiger partial charge in [0.15, 0.2) is 0 Å². The Kier molecular flexibility index (Phi) is 2.49. The van der Waals surface area contributed by atoms with Gasteiger partial charge in [0, 0.05) is 4.88 Å². The van der Waals surface area contributed by atoms with Crippen molar-refractivity contribution in [2.24, 2.45) is 0 Å². The maximum atomic E-state index is 10.8. The van der Waals surface area contributed by atoms with E-state index in [0.717, 1.165) is 0 Å². The third-order valence-electron chi connectivity index (χ3n) is 1.85. The van der Waals surface area contributed by atoms with E-state index in [9.17, 15) is 4.79 Å². The van der Waals surface area contributed by atoms with Crippen LogP contribution >= 0.6 is 11.3 Å². The van der Waals surface area contributed by atoms with Crippen LogP contribution in [0.15, 0.2) is 17.5 Å². The number of hydrogen-bond acceptors (Lipinski definition) is 3. The van der Waals surface area contributed by atoms with Crippen LogP contribution < -0.4 is 0 Å². The fraction of sp³-hybridized carbons (Fsp3) is 0.375. The average Bonchev–Trinajstić information content (AvgIpc) is 2.54. The molecule has 0 aliphatic carbocycles. The second-order valence-electron chi connectivity index (χ2n) is 2.77. The first-order valence-corrected chi connectivity index (χ1v) is 4.37. The van der Waals surface area contributed by atoms with Crippen molar-refractivity contribution in [2.45, 2.75) is 12.3 Å². The van der Waals surface area contributed by atoms with Crippen molar-refractivity contribution in [1.29, 1.82) is 0 Å². The predicted molar refractivity (Wildman–Crippen MR) is 46.4 cm³/mol. The molecule has 2 N–H and O–H groups in total. The summed E-state index contributed by atoms with van der Waals surface area (Å²) < 4.78 is 0. The molecular weight excluding hydrogens is 176 g/mol. The van der Waals surface area contributed by atoms with Gasteiger partial charge >= 0.3 is 5.97 Å². The Morgan fingerprint density at radius 2 is 2.42 bits per heavy atom. The molecule has 1 aromatic rings. The van der Waals surface area contributed by atoms with E-state index >= 15 is 0 Å². The minimum Gasteiger partial charge on any atom is -0.480 e. The molecule has 0 saturated heterocycles. The standard InChI is InChI=1S/C8H10O3S/c1-8(5-9,7(10)11)6-3-2-4-12-6/h2-4,9H,5H2,1H3,(H,10,11). The molecule has 0 aliphatic rings. The van der Waals surface area contributed by atoms with Crippen molar-refractivity contribution in [3.8, 4) is 0 Å². The number of carboxylic acid groups (broad SMARTS) is 1. The highest BCUT2D eigenvalue weighted by Gasteiger charge is 2.35. The van der Waals surface area contributed by atoms with Crippen LogP contribution in [-0.2, 0) is 10.2 Å². The number of hydrogen-bond donors (Lipinski definition) is 2. The number of aliphatic carboxylic acids is 1. The van der Waals surface area contributed by atoms with E-state index in [1.54, 1.807) is 17.5 Å². The average molecular weight is 186 g/mol. The van der Waals surface area contributed by atoms with Crippen LogP contribution in [0.4, 0.5) is 0 Å². The fourth-order valence-corrected chi connectivity index (χ4v) is 1.72. The molecule has 0 spiro atoms. The lowest BCUT2D eigenvalue weighted by Gasteiger charge is -2.19. The Bertz CT molecular complexity index is 268. The van der Waals surface area contributed by atoms with E-state index in [2.05, 4.69) is 0 Å². The highest BCUT2D eigenvalue weighted by atomic mass is 32.1. The van der Waals surface area contributed by atoms with E-state index in [1.807, 2.05) is 0 Å². The molecule has 1 aromatic heterocycles. The Balaban J connectivity index is 3.04. The molecule has 0 bridgehead atoms. The lowest BCUT2D eigenvalue weighted by atomic mass is 9.90. The maximum absolute atomic E-state index is 10.8. The van der Waals surface area contributed by atoms with Gasteiger partial charge in [-0.1, -0.05) is 6.07 Å². The van der Waals surface area contributed by atoms with Crippen LogP contribution in [0.3, 0.4) is 0 Å². The number of thiophene rings is 1. The molecule has 3 nitrogen and oxygen atoms in total. The minimum atomic E-state index is -1.14. The second kappa shape index (κ2) is 3.25. The van der Waals surface area contributed by atoms with Crippen molar-refractivity contribution in [2.75, 3.05) is 6.61 Å². The number of aliphatic hydroxyl groups is 1. The first kappa shape index (κ1) is 9.22. The van der Waals surface area contributed by atoms with Crippen molar-refractivity contribution >= 4 is 17.3 Å². The van der Waals surface area contributed by atoms with Gasteiger partial charge in [-0.25, -0.2) is 0 Å². The van der Waals surface area contributed by atoms with E-state index in [0.29, 0.717) is 4.88 Å². The van der Waals surface area contributed by atoms with E-state index < -0.39 is 11.4 Å². The summed E-state index contributed by atoms with van der Waals surface area (Å²) in [6, 6.07) is 3.49. The van der Waals surface area contributed by atoms with Gasteiger partial charge in [-0.3, -0.25) is 4.79 Å². The van der Waals surface area contributed by atoms with Crippen LogP contribution in [0.5, 0.6) is 0 Å². The number of rotatable bonds is 3. The molecule has 0 radical (unpaired) electrons. The largest absolute Gasteiger partial charge is 0.480 e. The zero-order chi connectivity index (χ0) is 9.19. The van der Waals surface area contributed by atoms with Gasteiger partial charge in [0.25, 0.3) is 0 Å². The lowest BCUT2D eigenvalue weighted by molar-refractivity contribution is -0.144. The number of carboxylic acids is 1. The normalized spacial score (nSPS) is 15.5. The Morgan fingerprint density at radius 3 is 2.75 bits per heavy atom. The molecule has 12 heavy (non-hydrogen) atoms. The zero-order valence-corrected chi connectivity index (χ0v) is 7.47. The maximum Gasteiger partial charge on any atom is 0.317 e. The lowest BCUT2D eigenvalue weighted by Crippen LogP contribution is -2.35. The molecular formula is C8H10O3S. The predicted octanol–water partition coefficient (Wildman–Crippen LogP) is 1.08. The number of carbonyl (C=O) groups is 1. The smallest absolute Gasteiger partial charge is 0.317 e. The van der Waals surface area contributed by atoms with Gasteiger partial charge in [-0.05, 0) is 18.4 Å². The summed E-state index contributed by atoms with van der Waals surface area (Å²) in [6.07, 6.45) is 0. The van der Waals surface area contributed by atoms with Crippen molar-refractivity contribution in [3.63, 3.8) is 0 Å². The Hall–Kier alpha value is -0.870. The molecule has 0 aliphatic heterocycles. The summed E-state index contributed by atoms with van der Waals surface area (Å²) in [5.41, 5.74) is -1.14. The first-order chi connectivity index (χ1) is 5.61. The molecule has 1 atom stereocenters. The van der Waals surface area contributed by atoms with Crippen LogP contribution in [0.1, 0.15) is 11.8 Å². The van der Waals surface area contributed by atoms with Crippen molar-refractivity contribution < 1.29 is 15.0 Å². The SMILES string of the molecule is CC(CO)(C(=O)O)c1cccs1. The highest BCUT2D eigenvalue weighted by molar-refractivity contribution is 7.10. The summed E-state index contributed by atoms with van der Waals surface area (Å²) in [4.78, 5) is 11.5. The minimum absolute atomic E-state index is 0.372. The van der Waals surface area contributed by atoms with E-state index in [1.165, 1.54) is 18.3 Å². The van der Waals surface area contributed by atoms with Crippen LogP contribution in [0, 0.1) is 0 Å². The monoisotopic (exact) mass is 186 g/mol. The highest BCUT2D eigenvalue weighted by Crippen LogP contribution is 2.27. The van der Waals surface area contributed by atoms with Crippen LogP contribution in [-0.4, -0.2) is 22.8 Å². The van der Waals surface area contributed by atoms with Gasteiger partial charge in [0.2, 0.25) is 0 Å². The quantitative estimate of drug-likeness (QED) is 0.742. The summed E-state index contributed by atoms with van der Waals surface area (Å²) in [5, 5.41) is 19.6. The van der Waals surface area contributed by atoms with Gasteiger partial charge in [0.1, 0.15) is 5.41 Å². The molecule has 0 amide bonds. The topological polar surface area (TPSA) is 57.5 Å².